The van der Waals surface area contributed by atoms with Crippen LogP contribution in [0.1, 0.15) is 43.9 Å². The fourth-order valence-electron chi connectivity index (χ4n) is 2.52. The molecule has 5 nitrogen and oxygen atoms in total. The minimum atomic E-state index is -0.610. The molecular weight excluding hydrogens is 232 g/mol. The summed E-state index contributed by atoms with van der Waals surface area (Å²) in [6.45, 7) is 0. The predicted molar refractivity (Wildman–Crippen MR) is 66.7 cm³/mol. The molecule has 1 aliphatic carbocycles. The van der Waals surface area contributed by atoms with E-state index in [2.05, 4.69) is 9.97 Å². The van der Waals surface area contributed by atoms with E-state index in [-0.39, 0.29) is 0 Å². The second kappa shape index (κ2) is 6.00. The minimum Gasteiger partial charge on any atom is -0.480 e. The first-order valence-electron chi connectivity index (χ1n) is 6.37. The van der Waals surface area contributed by atoms with Gasteiger partial charge < -0.3 is 14.6 Å². The smallest absolute Gasteiger partial charge is 0.241 e. The number of aliphatic hydroxyl groups is 1. The monoisotopic (exact) mass is 252 g/mol. The molecule has 2 rings (SSSR count). The first kappa shape index (κ1) is 13.1. The van der Waals surface area contributed by atoms with Gasteiger partial charge in [-0.1, -0.05) is 25.7 Å². The van der Waals surface area contributed by atoms with Crippen LogP contribution < -0.4 is 9.47 Å². The van der Waals surface area contributed by atoms with E-state index < -0.39 is 6.10 Å². The largest absolute Gasteiger partial charge is 0.480 e. The van der Waals surface area contributed by atoms with Crippen LogP contribution in [0.5, 0.6) is 11.8 Å². The lowest BCUT2D eigenvalue weighted by Gasteiger charge is -2.16. The van der Waals surface area contributed by atoms with Gasteiger partial charge in [0.2, 0.25) is 11.8 Å². The summed E-state index contributed by atoms with van der Waals surface area (Å²) < 4.78 is 10.1. The van der Waals surface area contributed by atoms with Crippen LogP contribution in [0.15, 0.2) is 6.20 Å². The average molecular weight is 252 g/mol. The van der Waals surface area contributed by atoms with Crippen molar-refractivity contribution in [2.45, 2.75) is 38.2 Å². The standard InChI is InChI=1S/C13H20N2O3/c1-17-11-8-14-12(13(15-11)18-2)10(16)7-9-5-3-4-6-9/h8-10,16H,3-7H2,1-2H3. The van der Waals surface area contributed by atoms with Gasteiger partial charge >= 0.3 is 0 Å². The lowest BCUT2D eigenvalue weighted by Crippen LogP contribution is -2.09. The maximum absolute atomic E-state index is 10.2. The van der Waals surface area contributed by atoms with Crippen molar-refractivity contribution in [3.8, 4) is 11.8 Å². The lowest BCUT2D eigenvalue weighted by molar-refractivity contribution is 0.135. The van der Waals surface area contributed by atoms with Gasteiger partial charge in [-0.3, -0.25) is 0 Å². The van der Waals surface area contributed by atoms with Gasteiger partial charge in [-0.05, 0) is 12.3 Å². The zero-order chi connectivity index (χ0) is 13.0. The molecule has 1 atom stereocenters. The number of ether oxygens (including phenoxy) is 2. The Labute approximate surface area is 107 Å². The summed E-state index contributed by atoms with van der Waals surface area (Å²) in [4.78, 5) is 8.34. The Bertz CT molecular complexity index is 392. The van der Waals surface area contributed by atoms with E-state index in [1.807, 2.05) is 0 Å². The summed E-state index contributed by atoms with van der Waals surface area (Å²) in [5, 5.41) is 10.2. The van der Waals surface area contributed by atoms with Gasteiger partial charge in [0.05, 0.1) is 20.4 Å². The summed E-state index contributed by atoms with van der Waals surface area (Å²) in [6.07, 6.45) is 6.56. The zero-order valence-electron chi connectivity index (χ0n) is 10.9. The molecule has 1 aromatic rings. The molecule has 18 heavy (non-hydrogen) atoms. The third kappa shape index (κ3) is 2.90. The van der Waals surface area contributed by atoms with Crippen molar-refractivity contribution in [3.05, 3.63) is 11.9 Å². The van der Waals surface area contributed by atoms with Crippen LogP contribution in [-0.4, -0.2) is 29.3 Å². The zero-order valence-corrected chi connectivity index (χ0v) is 10.9. The molecule has 1 saturated carbocycles. The Kier molecular flexibility index (Phi) is 4.36. The fourth-order valence-corrected chi connectivity index (χ4v) is 2.52. The summed E-state index contributed by atoms with van der Waals surface area (Å²) in [7, 11) is 3.05. The Morgan fingerprint density at radius 1 is 1.33 bits per heavy atom. The number of aromatic nitrogens is 2. The van der Waals surface area contributed by atoms with E-state index in [0.29, 0.717) is 23.4 Å². The molecule has 0 saturated heterocycles. The topological polar surface area (TPSA) is 64.5 Å². The van der Waals surface area contributed by atoms with Gasteiger partial charge in [0, 0.05) is 0 Å². The van der Waals surface area contributed by atoms with Crippen LogP contribution >= 0.6 is 0 Å². The molecule has 100 valence electrons. The van der Waals surface area contributed by atoms with E-state index >= 15 is 0 Å². The highest BCUT2D eigenvalue weighted by molar-refractivity contribution is 5.24. The number of hydrogen-bond donors (Lipinski definition) is 1. The van der Waals surface area contributed by atoms with Crippen molar-refractivity contribution in [2.75, 3.05) is 14.2 Å². The third-order valence-electron chi connectivity index (χ3n) is 3.49. The van der Waals surface area contributed by atoms with Crippen LogP contribution in [0.25, 0.3) is 0 Å². The van der Waals surface area contributed by atoms with Gasteiger partial charge in [0.1, 0.15) is 11.8 Å². The van der Waals surface area contributed by atoms with Crippen LogP contribution in [0.2, 0.25) is 0 Å². The molecule has 1 unspecified atom stereocenters. The Balaban J connectivity index is 2.10. The van der Waals surface area contributed by atoms with E-state index in [1.54, 1.807) is 0 Å². The van der Waals surface area contributed by atoms with Gasteiger partial charge in [-0.2, -0.15) is 4.98 Å². The molecule has 0 bridgehead atoms. The van der Waals surface area contributed by atoms with Crippen LogP contribution in [0, 0.1) is 5.92 Å². The quantitative estimate of drug-likeness (QED) is 0.869. The van der Waals surface area contributed by atoms with Crippen LogP contribution in [0.4, 0.5) is 0 Å². The Hall–Kier alpha value is -1.36. The SMILES string of the molecule is COc1cnc(C(O)CC2CCCC2)c(OC)n1. The molecule has 1 fully saturated rings. The highest BCUT2D eigenvalue weighted by Crippen LogP contribution is 2.34. The molecule has 5 heteroatoms. The summed E-state index contributed by atoms with van der Waals surface area (Å²) in [5.41, 5.74) is 0.505. The Morgan fingerprint density at radius 2 is 2.06 bits per heavy atom. The fraction of sp³-hybridized carbons (Fsp3) is 0.692. The maximum atomic E-state index is 10.2. The number of nitrogens with zero attached hydrogens (tertiary/aromatic N) is 2. The van der Waals surface area contributed by atoms with E-state index in [9.17, 15) is 5.11 Å². The first-order chi connectivity index (χ1) is 8.74. The van der Waals surface area contributed by atoms with Gasteiger partial charge in [0.25, 0.3) is 0 Å². The molecule has 0 aliphatic heterocycles. The third-order valence-corrected chi connectivity index (χ3v) is 3.49. The van der Waals surface area contributed by atoms with E-state index in [4.69, 9.17) is 9.47 Å². The summed E-state index contributed by atoms with van der Waals surface area (Å²) >= 11 is 0. The molecule has 1 N–H and O–H groups in total. The number of rotatable bonds is 5. The molecule has 0 spiro atoms. The molecule has 1 aromatic heterocycles. The molecule has 0 radical (unpaired) electrons. The van der Waals surface area contributed by atoms with Gasteiger partial charge in [-0.15, -0.1) is 0 Å². The van der Waals surface area contributed by atoms with Crippen molar-refractivity contribution in [1.29, 1.82) is 0 Å². The number of methoxy groups -OCH3 is 2. The highest BCUT2D eigenvalue weighted by atomic mass is 16.5. The van der Waals surface area contributed by atoms with E-state index in [0.717, 1.165) is 6.42 Å². The van der Waals surface area contributed by atoms with Crippen molar-refractivity contribution in [1.82, 2.24) is 9.97 Å². The maximum Gasteiger partial charge on any atom is 0.241 e. The highest BCUT2D eigenvalue weighted by Gasteiger charge is 2.23. The predicted octanol–water partition coefficient (Wildman–Crippen LogP) is 2.11. The van der Waals surface area contributed by atoms with Crippen molar-refractivity contribution >= 4 is 0 Å². The van der Waals surface area contributed by atoms with Gasteiger partial charge in [0.15, 0.2) is 0 Å². The minimum absolute atomic E-state index is 0.347. The van der Waals surface area contributed by atoms with Crippen LogP contribution in [0.3, 0.4) is 0 Å². The average Bonchev–Trinajstić information content (AvgIpc) is 2.90. The normalized spacial score (nSPS) is 17.7. The molecule has 0 amide bonds. The van der Waals surface area contributed by atoms with Crippen molar-refractivity contribution in [3.63, 3.8) is 0 Å². The van der Waals surface area contributed by atoms with E-state index in [1.165, 1.54) is 46.1 Å². The molecule has 0 aromatic carbocycles. The Morgan fingerprint density at radius 3 is 2.67 bits per heavy atom. The van der Waals surface area contributed by atoms with Crippen molar-refractivity contribution in [2.24, 2.45) is 5.92 Å². The number of aliphatic hydroxyl groups excluding tert-OH is 1. The lowest BCUT2D eigenvalue weighted by atomic mass is 9.98. The molecular formula is C13H20N2O3. The summed E-state index contributed by atoms with van der Waals surface area (Å²) in [6, 6.07) is 0. The first-order valence-corrected chi connectivity index (χ1v) is 6.37. The van der Waals surface area contributed by atoms with Gasteiger partial charge in [-0.25, -0.2) is 4.98 Å². The molecule has 1 aliphatic rings. The molecule has 1 heterocycles. The second-order valence-corrected chi connectivity index (χ2v) is 4.71. The van der Waals surface area contributed by atoms with Crippen LogP contribution in [-0.2, 0) is 0 Å². The second-order valence-electron chi connectivity index (χ2n) is 4.71. The number of hydrogen-bond acceptors (Lipinski definition) is 5. The summed E-state index contributed by atoms with van der Waals surface area (Å²) in [5.74, 6) is 1.33. The van der Waals surface area contributed by atoms with Crippen molar-refractivity contribution < 1.29 is 14.6 Å².